The van der Waals surface area contributed by atoms with Crippen molar-refractivity contribution in [2.75, 3.05) is 13.7 Å². The number of allylic oxidation sites excluding steroid dienone is 8. The normalized spacial score (nSPS) is 11.9. The van der Waals surface area contributed by atoms with Crippen LogP contribution in [0.15, 0.2) is 48.6 Å². The fourth-order valence-corrected chi connectivity index (χ4v) is 2.27. The molecule has 0 aliphatic rings. The van der Waals surface area contributed by atoms with E-state index in [1.165, 1.54) is 14.0 Å². The van der Waals surface area contributed by atoms with Crippen molar-refractivity contribution in [2.24, 2.45) is 0 Å². The number of esters is 2. The van der Waals surface area contributed by atoms with E-state index < -0.39 is 0 Å². The van der Waals surface area contributed by atoms with E-state index in [0.29, 0.717) is 13.0 Å². The van der Waals surface area contributed by atoms with Gasteiger partial charge >= 0.3 is 11.9 Å². The monoisotopic (exact) mass is 376 g/mol. The first-order valence-electron chi connectivity index (χ1n) is 9.97. The van der Waals surface area contributed by atoms with Crippen molar-refractivity contribution in [2.45, 2.75) is 71.1 Å². The molecule has 0 radical (unpaired) electrons. The number of carbonyl (C=O) groups is 2. The van der Waals surface area contributed by atoms with E-state index in [4.69, 9.17) is 4.74 Å². The fraction of sp³-hybridized carbons (Fsp3) is 0.565. The van der Waals surface area contributed by atoms with Gasteiger partial charge in [0.05, 0.1) is 13.7 Å². The van der Waals surface area contributed by atoms with Gasteiger partial charge in [0.1, 0.15) is 0 Å². The number of hydrogen-bond acceptors (Lipinski definition) is 4. The molecule has 4 nitrogen and oxygen atoms in total. The Morgan fingerprint density at radius 2 is 1.22 bits per heavy atom. The molecule has 0 fully saturated rings. The van der Waals surface area contributed by atoms with Crippen LogP contribution in [0.5, 0.6) is 0 Å². The van der Waals surface area contributed by atoms with Crippen LogP contribution in [-0.2, 0) is 19.1 Å². The summed E-state index contributed by atoms with van der Waals surface area (Å²) in [5.74, 6) is -0.332. The van der Waals surface area contributed by atoms with Crippen LogP contribution in [0, 0.1) is 0 Å². The highest BCUT2D eigenvalue weighted by Crippen LogP contribution is 2.02. The second kappa shape index (κ2) is 20.2. The van der Waals surface area contributed by atoms with Crippen LogP contribution in [-0.4, -0.2) is 25.7 Å². The third-order valence-corrected chi connectivity index (χ3v) is 3.78. The fourth-order valence-electron chi connectivity index (χ4n) is 2.27. The van der Waals surface area contributed by atoms with Gasteiger partial charge in [0.25, 0.3) is 0 Å². The largest absolute Gasteiger partial charge is 0.469 e. The Morgan fingerprint density at radius 1 is 0.704 bits per heavy atom. The van der Waals surface area contributed by atoms with Gasteiger partial charge in [-0.25, -0.2) is 0 Å². The number of unbranched alkanes of at least 4 members (excludes halogenated alkanes) is 4. The molecule has 0 spiro atoms. The molecule has 0 saturated heterocycles. The number of hydrogen-bond donors (Lipinski definition) is 0. The molecule has 0 heterocycles. The smallest absolute Gasteiger partial charge is 0.305 e. The van der Waals surface area contributed by atoms with Gasteiger partial charge in [-0.15, -0.1) is 0 Å². The summed E-state index contributed by atoms with van der Waals surface area (Å²) >= 11 is 0. The van der Waals surface area contributed by atoms with Gasteiger partial charge < -0.3 is 9.47 Å². The van der Waals surface area contributed by atoms with Gasteiger partial charge in [0.2, 0.25) is 0 Å². The molecular formula is C23H36O4. The molecule has 0 rings (SSSR count). The molecule has 0 N–H and O–H groups in total. The first-order chi connectivity index (χ1) is 13.2. The minimum absolute atomic E-state index is 0.138. The molecule has 0 aromatic heterocycles. The predicted octanol–water partition coefficient (Wildman–Crippen LogP) is 5.85. The van der Waals surface area contributed by atoms with Crippen molar-refractivity contribution in [3.05, 3.63) is 48.6 Å². The third-order valence-electron chi connectivity index (χ3n) is 3.78. The molecule has 0 atom stereocenters. The van der Waals surface area contributed by atoms with E-state index in [-0.39, 0.29) is 11.9 Å². The summed E-state index contributed by atoms with van der Waals surface area (Å²) in [5.41, 5.74) is 0. The first kappa shape index (κ1) is 24.9. The zero-order valence-corrected chi connectivity index (χ0v) is 17.0. The van der Waals surface area contributed by atoms with Crippen molar-refractivity contribution >= 4 is 11.9 Å². The van der Waals surface area contributed by atoms with Crippen LogP contribution >= 0.6 is 0 Å². The standard InChI is InChI=1S/C23H36O4/c1-22(24)27-21-19-17-15-13-11-9-7-5-3-4-6-8-10-12-14-16-18-20-23(25)26-2/h3,5-6,8-9,11-12,14H,4,7,10,13,15-21H2,1-2H3/b5-3-,8-6-,11-9-,14-12-. The lowest BCUT2D eigenvalue weighted by Crippen LogP contribution is -1.99. The molecule has 0 bridgehead atoms. The first-order valence-corrected chi connectivity index (χ1v) is 9.97. The Kier molecular flexibility index (Phi) is 18.6. The van der Waals surface area contributed by atoms with E-state index in [1.807, 2.05) is 0 Å². The maximum Gasteiger partial charge on any atom is 0.305 e. The number of rotatable bonds is 16. The van der Waals surface area contributed by atoms with Crippen LogP contribution in [0.1, 0.15) is 71.1 Å². The molecule has 152 valence electrons. The Bertz CT molecular complexity index is 487. The van der Waals surface area contributed by atoms with Crippen LogP contribution in [0.4, 0.5) is 0 Å². The maximum atomic E-state index is 10.9. The van der Waals surface area contributed by atoms with Crippen LogP contribution < -0.4 is 0 Å². The van der Waals surface area contributed by atoms with Crippen molar-refractivity contribution in [3.8, 4) is 0 Å². The summed E-state index contributed by atoms with van der Waals surface area (Å²) < 4.78 is 9.49. The summed E-state index contributed by atoms with van der Waals surface area (Å²) in [5, 5.41) is 0. The average Bonchev–Trinajstić information content (AvgIpc) is 2.65. The van der Waals surface area contributed by atoms with Gasteiger partial charge in [0, 0.05) is 13.3 Å². The number of methoxy groups -OCH3 is 1. The summed E-state index contributed by atoms with van der Waals surface area (Å²) in [6.45, 7) is 1.99. The Hall–Kier alpha value is -2.10. The Balaban J connectivity index is 3.41. The van der Waals surface area contributed by atoms with Crippen LogP contribution in [0.2, 0.25) is 0 Å². The summed E-state index contributed by atoms with van der Waals surface area (Å²) in [7, 11) is 1.42. The second-order valence-electron chi connectivity index (χ2n) is 6.25. The zero-order chi connectivity index (χ0) is 20.0. The SMILES string of the molecule is COC(=O)CCC/C=C\C/C=C\C/C=C\C/C=C\CCCCCOC(C)=O. The van der Waals surface area contributed by atoms with Crippen LogP contribution in [0.3, 0.4) is 0 Å². The zero-order valence-electron chi connectivity index (χ0n) is 17.0. The van der Waals surface area contributed by atoms with Gasteiger partial charge in [-0.05, 0) is 57.8 Å². The molecule has 0 aliphatic carbocycles. The summed E-state index contributed by atoms with van der Waals surface area (Å²) in [4.78, 5) is 21.5. The lowest BCUT2D eigenvalue weighted by atomic mass is 10.2. The summed E-state index contributed by atoms with van der Waals surface area (Å²) in [6.07, 6.45) is 26.7. The molecule has 0 amide bonds. The van der Waals surface area contributed by atoms with E-state index in [9.17, 15) is 9.59 Å². The van der Waals surface area contributed by atoms with Crippen molar-refractivity contribution in [1.82, 2.24) is 0 Å². The van der Waals surface area contributed by atoms with E-state index in [1.54, 1.807) is 0 Å². The summed E-state index contributed by atoms with van der Waals surface area (Å²) in [6, 6.07) is 0. The average molecular weight is 377 g/mol. The quantitative estimate of drug-likeness (QED) is 0.193. The lowest BCUT2D eigenvalue weighted by Gasteiger charge is -2.00. The van der Waals surface area contributed by atoms with E-state index in [0.717, 1.165) is 57.8 Å². The highest BCUT2D eigenvalue weighted by atomic mass is 16.5. The van der Waals surface area contributed by atoms with Crippen molar-refractivity contribution < 1.29 is 19.1 Å². The van der Waals surface area contributed by atoms with E-state index in [2.05, 4.69) is 53.3 Å². The molecule has 0 unspecified atom stereocenters. The van der Waals surface area contributed by atoms with Gasteiger partial charge in [-0.3, -0.25) is 9.59 Å². The number of carbonyl (C=O) groups excluding carboxylic acids is 2. The number of ether oxygens (including phenoxy) is 2. The molecule has 0 saturated carbocycles. The molecule has 4 heteroatoms. The Morgan fingerprint density at radius 3 is 1.74 bits per heavy atom. The Labute approximate surface area is 165 Å². The van der Waals surface area contributed by atoms with Crippen LogP contribution in [0.25, 0.3) is 0 Å². The van der Waals surface area contributed by atoms with Gasteiger partial charge in [0.15, 0.2) is 0 Å². The van der Waals surface area contributed by atoms with Gasteiger partial charge in [-0.1, -0.05) is 48.6 Å². The minimum Gasteiger partial charge on any atom is -0.469 e. The lowest BCUT2D eigenvalue weighted by molar-refractivity contribution is -0.141. The highest BCUT2D eigenvalue weighted by Gasteiger charge is 1.96. The molecular weight excluding hydrogens is 340 g/mol. The highest BCUT2D eigenvalue weighted by molar-refractivity contribution is 5.69. The molecule has 0 aromatic carbocycles. The van der Waals surface area contributed by atoms with Gasteiger partial charge in [-0.2, -0.15) is 0 Å². The minimum atomic E-state index is -0.194. The maximum absolute atomic E-state index is 10.9. The topological polar surface area (TPSA) is 52.6 Å². The molecule has 0 aliphatic heterocycles. The van der Waals surface area contributed by atoms with E-state index >= 15 is 0 Å². The van der Waals surface area contributed by atoms with Crippen molar-refractivity contribution in [1.29, 1.82) is 0 Å². The third kappa shape index (κ3) is 21.9. The second-order valence-corrected chi connectivity index (χ2v) is 6.25. The molecule has 27 heavy (non-hydrogen) atoms. The van der Waals surface area contributed by atoms with Crippen molar-refractivity contribution in [3.63, 3.8) is 0 Å². The predicted molar refractivity (Wildman–Crippen MR) is 111 cm³/mol. The molecule has 0 aromatic rings.